The topological polar surface area (TPSA) is 9.23 Å². The normalized spacial score (nSPS) is 13.5. The fourth-order valence-corrected chi connectivity index (χ4v) is 10.7. The van der Waals surface area contributed by atoms with Crippen LogP contribution in [0.2, 0.25) is 0 Å². The molecule has 0 fully saturated rings. The van der Waals surface area contributed by atoms with E-state index >= 15 is 0 Å². The van der Waals surface area contributed by atoms with E-state index in [1.54, 1.807) is 0 Å². The third kappa shape index (κ3) is 8.36. The Morgan fingerprint density at radius 1 is 0.462 bits per heavy atom. The predicted molar refractivity (Wildman–Crippen MR) is 200 cm³/mol. The number of alkyl halides is 9. The third-order valence-electron chi connectivity index (χ3n) is 6.45. The molecule has 212 valence electrons. The molecule has 1 nitrogen and oxygen atoms in total. The van der Waals surface area contributed by atoms with Crippen LogP contribution in [-0.2, 0) is 10.3 Å². The van der Waals surface area contributed by atoms with E-state index in [1.165, 1.54) is 0 Å². The lowest BCUT2D eigenvalue weighted by atomic mass is 9.80. The summed E-state index contributed by atoms with van der Waals surface area (Å²) < 4.78 is 4.55. The number of benzene rings is 3. The highest BCUT2D eigenvalue weighted by molar-refractivity contribution is 9.42. The Balaban J connectivity index is 1.67. The summed E-state index contributed by atoms with van der Waals surface area (Å²) in [6.45, 7) is 0.651. The van der Waals surface area contributed by atoms with Crippen molar-refractivity contribution < 1.29 is 4.74 Å². The van der Waals surface area contributed by atoms with E-state index in [1.807, 2.05) is 0 Å². The lowest BCUT2D eigenvalue weighted by molar-refractivity contribution is 0.0106. The summed E-state index contributed by atoms with van der Waals surface area (Å²) in [4.78, 5) is 0. The van der Waals surface area contributed by atoms with E-state index in [0.717, 1.165) is 48.8 Å². The quantitative estimate of drug-likeness (QED) is 0.0942. The van der Waals surface area contributed by atoms with Crippen LogP contribution in [-0.4, -0.2) is 18.5 Å². The Kier molecular flexibility index (Phi) is 13.9. The number of ether oxygens (including phenoxy) is 1. The molecule has 0 saturated carbocycles. The number of halogens is 9. The molecule has 0 atom stereocenters. The van der Waals surface area contributed by atoms with Crippen LogP contribution in [0.5, 0.6) is 0 Å². The van der Waals surface area contributed by atoms with Crippen molar-refractivity contribution in [1.29, 1.82) is 0 Å². The van der Waals surface area contributed by atoms with Crippen LogP contribution in [0.1, 0.15) is 48.8 Å². The van der Waals surface area contributed by atoms with E-state index in [0.29, 0.717) is 6.61 Å². The van der Waals surface area contributed by atoms with Crippen LogP contribution in [0.4, 0.5) is 0 Å². The summed E-state index contributed by atoms with van der Waals surface area (Å²) in [5.74, 6) is 0. The maximum absolute atomic E-state index is 6.91. The van der Waals surface area contributed by atoms with Gasteiger partial charge < -0.3 is 4.74 Å². The molecule has 0 aliphatic heterocycles. The van der Waals surface area contributed by atoms with Crippen LogP contribution in [0.15, 0.2) is 91.0 Å². The second-order valence-electron chi connectivity index (χ2n) is 9.14. The average Bonchev–Trinajstić information content (AvgIpc) is 2.91. The smallest absolute Gasteiger partial charge is 0.162 e. The standard InChI is InChI=1S/C29H27Br9O/c30-25(31,27(32,33)28(34,35)29(36,37)38)20-12-1-2-13-21-39-26(22-14-6-3-7-15-22,23-16-8-4-9-17-23)24-18-10-5-11-19-24/h3-11,14-19H,1-2,12-13,20-21H2. The average molecular weight is 1110 g/mol. The predicted octanol–water partition coefficient (Wildman–Crippen LogP) is 13.2. The van der Waals surface area contributed by atoms with E-state index in [2.05, 4.69) is 234 Å². The van der Waals surface area contributed by atoms with Gasteiger partial charge in [-0.05, 0) is 29.5 Å². The van der Waals surface area contributed by atoms with Crippen LogP contribution < -0.4 is 0 Å². The molecule has 3 rings (SSSR count). The second-order valence-corrected chi connectivity index (χ2v) is 26.6. The van der Waals surface area contributed by atoms with Crippen LogP contribution in [0.3, 0.4) is 0 Å². The molecule has 0 radical (unpaired) electrons. The summed E-state index contributed by atoms with van der Waals surface area (Å²) in [6, 6.07) is 31.6. The van der Waals surface area contributed by atoms with E-state index in [-0.39, 0.29) is 0 Å². The molecular weight excluding hydrogens is 1080 g/mol. The van der Waals surface area contributed by atoms with Gasteiger partial charge in [-0.25, -0.2) is 0 Å². The Bertz CT molecular complexity index is 1050. The first-order valence-corrected chi connectivity index (χ1v) is 19.4. The van der Waals surface area contributed by atoms with Gasteiger partial charge in [-0.15, -0.1) is 0 Å². The molecule has 0 saturated heterocycles. The Morgan fingerprint density at radius 2 is 0.846 bits per heavy atom. The van der Waals surface area contributed by atoms with Crippen molar-refractivity contribution in [3.05, 3.63) is 108 Å². The minimum absolute atomic E-state index is 0.458. The van der Waals surface area contributed by atoms with Crippen LogP contribution in [0, 0.1) is 0 Å². The SMILES string of the molecule is BrC(Br)(Br)C(Br)(Br)C(Br)(Br)C(Br)(Br)CCCCCCOC(c1ccccc1)(c1ccccc1)c1ccccc1. The van der Waals surface area contributed by atoms with E-state index in [9.17, 15) is 0 Å². The Morgan fingerprint density at radius 3 is 1.23 bits per heavy atom. The number of hydrogen-bond acceptors (Lipinski definition) is 1. The maximum Gasteiger partial charge on any atom is 0.162 e. The van der Waals surface area contributed by atoms with Crippen molar-refractivity contribution >= 4 is 143 Å². The van der Waals surface area contributed by atoms with Crippen molar-refractivity contribution in [2.24, 2.45) is 0 Å². The molecule has 0 unspecified atom stereocenters. The molecule has 0 heterocycles. The number of hydrogen-bond donors (Lipinski definition) is 0. The van der Waals surface area contributed by atoms with Gasteiger partial charge in [0, 0.05) is 6.61 Å². The molecule has 3 aromatic carbocycles. The molecule has 0 bridgehead atoms. The van der Waals surface area contributed by atoms with Crippen molar-refractivity contribution in [3.8, 4) is 0 Å². The molecule has 0 spiro atoms. The van der Waals surface area contributed by atoms with Gasteiger partial charge >= 0.3 is 0 Å². The molecule has 0 amide bonds. The lowest BCUT2D eigenvalue weighted by Crippen LogP contribution is -2.53. The molecule has 0 aliphatic rings. The minimum Gasteiger partial charge on any atom is -0.361 e. The molecule has 0 aromatic heterocycles. The number of unbranched alkanes of at least 4 members (excludes halogenated alkanes) is 3. The van der Waals surface area contributed by atoms with Gasteiger partial charge in [-0.1, -0.05) is 254 Å². The third-order valence-corrected chi connectivity index (χ3v) is 22.6. The molecule has 10 heteroatoms. The van der Waals surface area contributed by atoms with Gasteiger partial charge in [0.05, 0.1) is 0 Å². The van der Waals surface area contributed by atoms with Gasteiger partial charge in [0.15, 0.2) is 2.14 Å². The van der Waals surface area contributed by atoms with Crippen molar-refractivity contribution in [2.45, 2.75) is 49.5 Å². The fraction of sp³-hybridized carbons (Fsp3) is 0.379. The first kappa shape index (κ1) is 35.4. The fourth-order valence-electron chi connectivity index (χ4n) is 4.36. The largest absolute Gasteiger partial charge is 0.361 e. The monoisotopic (exact) mass is 1100 g/mol. The van der Waals surface area contributed by atoms with E-state index in [4.69, 9.17) is 4.74 Å². The van der Waals surface area contributed by atoms with Gasteiger partial charge in [0.25, 0.3) is 0 Å². The van der Waals surface area contributed by atoms with Gasteiger partial charge in [-0.3, -0.25) is 0 Å². The highest BCUT2D eigenvalue weighted by Gasteiger charge is 2.64. The molecule has 3 aromatic rings. The Hall–Kier alpha value is 1.94. The zero-order valence-corrected chi connectivity index (χ0v) is 35.0. The summed E-state index contributed by atoms with van der Waals surface area (Å²) in [5.41, 5.74) is 2.72. The molecule has 39 heavy (non-hydrogen) atoms. The van der Waals surface area contributed by atoms with Gasteiger partial charge in [0.2, 0.25) is 0 Å². The zero-order valence-electron chi connectivity index (χ0n) is 20.7. The Labute approximate surface area is 307 Å². The molecular formula is C29H27Br9O. The van der Waals surface area contributed by atoms with Crippen molar-refractivity contribution in [2.75, 3.05) is 6.61 Å². The first-order chi connectivity index (χ1) is 18.3. The maximum atomic E-state index is 6.91. The van der Waals surface area contributed by atoms with Crippen LogP contribution in [0.25, 0.3) is 0 Å². The van der Waals surface area contributed by atoms with Gasteiger partial charge in [-0.2, -0.15) is 0 Å². The summed E-state index contributed by atoms with van der Waals surface area (Å²) in [6.07, 6.45) is 5.00. The summed E-state index contributed by atoms with van der Waals surface area (Å²) >= 11 is 34.0. The highest BCUT2D eigenvalue weighted by Crippen LogP contribution is 2.69. The molecule has 0 aliphatic carbocycles. The van der Waals surface area contributed by atoms with Crippen molar-refractivity contribution in [1.82, 2.24) is 0 Å². The highest BCUT2D eigenvalue weighted by atomic mass is 80.0. The zero-order chi connectivity index (χ0) is 28.8. The van der Waals surface area contributed by atoms with Crippen LogP contribution >= 0.6 is 143 Å². The summed E-state index contributed by atoms with van der Waals surface area (Å²) in [7, 11) is 0. The second kappa shape index (κ2) is 15.3. The van der Waals surface area contributed by atoms with Gasteiger partial charge in [0.1, 0.15) is 15.3 Å². The summed E-state index contributed by atoms with van der Waals surface area (Å²) in [5, 5.41) is 0. The first-order valence-electron chi connectivity index (χ1n) is 12.3. The number of rotatable bonds is 13. The lowest BCUT2D eigenvalue weighted by Gasteiger charge is -2.47. The van der Waals surface area contributed by atoms with E-state index < -0.39 is 17.4 Å². The van der Waals surface area contributed by atoms with Crippen molar-refractivity contribution in [3.63, 3.8) is 0 Å². The minimum atomic E-state index is -0.668. The molecule has 0 N–H and O–H groups in total.